The quantitative estimate of drug-likeness (QED) is 0.786. The molecule has 0 N–H and O–H groups in total. The number of rotatable bonds is 5. The Hall–Kier alpha value is -2.11. The lowest BCUT2D eigenvalue weighted by molar-refractivity contribution is 0.140. The minimum atomic E-state index is 0.680. The number of hydrogen-bond donors (Lipinski definition) is 0. The molecule has 1 saturated carbocycles. The molecule has 23 heavy (non-hydrogen) atoms. The van der Waals surface area contributed by atoms with Crippen molar-refractivity contribution in [1.82, 2.24) is 4.90 Å². The molecule has 2 nitrogen and oxygen atoms in total. The summed E-state index contributed by atoms with van der Waals surface area (Å²) in [5, 5.41) is 8.95. The summed E-state index contributed by atoms with van der Waals surface area (Å²) in [7, 11) is 0. The second kappa shape index (κ2) is 7.94. The van der Waals surface area contributed by atoms with Crippen molar-refractivity contribution >= 4 is 0 Å². The van der Waals surface area contributed by atoms with Crippen molar-refractivity contribution in [3.05, 3.63) is 71.3 Å². The first-order valence-corrected chi connectivity index (χ1v) is 8.62. The van der Waals surface area contributed by atoms with Gasteiger partial charge in [-0.25, -0.2) is 0 Å². The lowest BCUT2D eigenvalue weighted by atomic mass is 9.93. The Morgan fingerprint density at radius 3 is 2.04 bits per heavy atom. The topological polar surface area (TPSA) is 27.0 Å². The summed E-state index contributed by atoms with van der Waals surface area (Å²) in [5.74, 6) is 0. The fourth-order valence-electron chi connectivity index (χ4n) is 3.50. The first kappa shape index (κ1) is 15.8. The maximum absolute atomic E-state index is 8.95. The van der Waals surface area contributed by atoms with E-state index in [0.717, 1.165) is 18.7 Å². The van der Waals surface area contributed by atoms with Gasteiger partial charge in [-0.1, -0.05) is 61.7 Å². The minimum Gasteiger partial charge on any atom is -0.292 e. The largest absolute Gasteiger partial charge is 0.292 e. The third-order valence-corrected chi connectivity index (χ3v) is 4.79. The molecule has 1 aliphatic rings. The van der Waals surface area contributed by atoms with Gasteiger partial charge in [-0.3, -0.25) is 4.90 Å². The van der Waals surface area contributed by atoms with Crippen molar-refractivity contribution in [3.63, 3.8) is 0 Å². The van der Waals surface area contributed by atoms with Crippen LogP contribution in [0.1, 0.15) is 48.8 Å². The van der Waals surface area contributed by atoms with Gasteiger partial charge in [0.25, 0.3) is 0 Å². The van der Waals surface area contributed by atoms with Gasteiger partial charge < -0.3 is 0 Å². The maximum atomic E-state index is 8.95. The summed E-state index contributed by atoms with van der Waals surface area (Å²) < 4.78 is 0. The zero-order valence-electron chi connectivity index (χ0n) is 13.6. The highest BCUT2D eigenvalue weighted by atomic mass is 15.2. The predicted octanol–water partition coefficient (Wildman–Crippen LogP) is 4.89. The Bertz CT molecular complexity index is 634. The van der Waals surface area contributed by atoms with Gasteiger partial charge in [0, 0.05) is 19.1 Å². The molecule has 0 atom stereocenters. The van der Waals surface area contributed by atoms with E-state index in [1.165, 1.54) is 43.2 Å². The lowest BCUT2D eigenvalue weighted by Crippen LogP contribution is -2.35. The van der Waals surface area contributed by atoms with Crippen LogP contribution in [0.3, 0.4) is 0 Å². The molecule has 0 saturated heterocycles. The first-order valence-electron chi connectivity index (χ1n) is 8.62. The first-order chi connectivity index (χ1) is 11.3. The van der Waals surface area contributed by atoms with Gasteiger partial charge in [-0.15, -0.1) is 0 Å². The molecular weight excluding hydrogens is 280 g/mol. The molecule has 0 spiro atoms. The average Bonchev–Trinajstić information content (AvgIpc) is 2.63. The zero-order valence-corrected chi connectivity index (χ0v) is 13.6. The van der Waals surface area contributed by atoms with Gasteiger partial charge >= 0.3 is 0 Å². The monoisotopic (exact) mass is 304 g/mol. The Labute approximate surface area is 139 Å². The van der Waals surface area contributed by atoms with Crippen LogP contribution in [0.2, 0.25) is 0 Å². The van der Waals surface area contributed by atoms with E-state index >= 15 is 0 Å². The van der Waals surface area contributed by atoms with Crippen LogP contribution in [0, 0.1) is 11.3 Å². The zero-order chi connectivity index (χ0) is 15.9. The van der Waals surface area contributed by atoms with Crippen LogP contribution in [0.4, 0.5) is 0 Å². The second-order valence-electron chi connectivity index (χ2n) is 6.49. The summed E-state index contributed by atoms with van der Waals surface area (Å²) in [4.78, 5) is 2.62. The van der Waals surface area contributed by atoms with Crippen molar-refractivity contribution in [2.45, 2.75) is 51.2 Å². The van der Waals surface area contributed by atoms with E-state index in [-0.39, 0.29) is 0 Å². The Morgan fingerprint density at radius 1 is 0.826 bits per heavy atom. The SMILES string of the molecule is N#Cc1ccc(CN(Cc2ccccc2)C2CCCCC2)cc1. The summed E-state index contributed by atoms with van der Waals surface area (Å²) in [6.45, 7) is 1.97. The highest BCUT2D eigenvalue weighted by Gasteiger charge is 2.21. The lowest BCUT2D eigenvalue weighted by Gasteiger charge is -2.34. The maximum Gasteiger partial charge on any atom is 0.0991 e. The van der Waals surface area contributed by atoms with Crippen LogP contribution in [0.15, 0.2) is 54.6 Å². The normalized spacial score (nSPS) is 15.5. The Kier molecular flexibility index (Phi) is 5.45. The van der Waals surface area contributed by atoms with Crippen LogP contribution < -0.4 is 0 Å². The smallest absolute Gasteiger partial charge is 0.0991 e. The summed E-state index contributed by atoms with van der Waals surface area (Å²) in [6, 6.07) is 21.7. The van der Waals surface area contributed by atoms with Crippen molar-refractivity contribution in [2.75, 3.05) is 0 Å². The summed E-state index contributed by atoms with van der Waals surface area (Å²) in [5.41, 5.74) is 3.42. The van der Waals surface area contributed by atoms with Gasteiger partial charge in [0.05, 0.1) is 11.6 Å². The molecule has 0 heterocycles. The number of nitrogens with zero attached hydrogens (tertiary/aromatic N) is 2. The van der Waals surface area contributed by atoms with Crippen LogP contribution in [-0.2, 0) is 13.1 Å². The van der Waals surface area contributed by atoms with Crippen molar-refractivity contribution < 1.29 is 0 Å². The van der Waals surface area contributed by atoms with Gasteiger partial charge in [-0.05, 0) is 36.1 Å². The number of hydrogen-bond acceptors (Lipinski definition) is 2. The average molecular weight is 304 g/mol. The van der Waals surface area contributed by atoms with E-state index in [1.807, 2.05) is 12.1 Å². The third kappa shape index (κ3) is 4.43. The van der Waals surface area contributed by atoms with Crippen LogP contribution >= 0.6 is 0 Å². The molecule has 1 aliphatic carbocycles. The number of benzene rings is 2. The van der Waals surface area contributed by atoms with E-state index in [2.05, 4.69) is 53.4 Å². The predicted molar refractivity (Wildman–Crippen MR) is 93.7 cm³/mol. The molecule has 0 aliphatic heterocycles. The number of nitriles is 1. The summed E-state index contributed by atoms with van der Waals surface area (Å²) in [6.07, 6.45) is 6.70. The van der Waals surface area contributed by atoms with Gasteiger partial charge in [0.15, 0.2) is 0 Å². The molecule has 118 valence electrons. The van der Waals surface area contributed by atoms with E-state index in [4.69, 9.17) is 5.26 Å². The highest BCUT2D eigenvalue weighted by Crippen LogP contribution is 2.25. The Balaban J connectivity index is 1.74. The van der Waals surface area contributed by atoms with Crippen LogP contribution in [-0.4, -0.2) is 10.9 Å². The van der Waals surface area contributed by atoms with E-state index in [0.29, 0.717) is 6.04 Å². The molecule has 2 aromatic carbocycles. The van der Waals surface area contributed by atoms with Crippen molar-refractivity contribution in [3.8, 4) is 6.07 Å². The third-order valence-electron chi connectivity index (χ3n) is 4.79. The molecular formula is C21H24N2. The van der Waals surface area contributed by atoms with Crippen molar-refractivity contribution in [2.24, 2.45) is 0 Å². The van der Waals surface area contributed by atoms with Crippen LogP contribution in [0.5, 0.6) is 0 Å². The van der Waals surface area contributed by atoms with Gasteiger partial charge in [-0.2, -0.15) is 5.26 Å². The molecule has 0 amide bonds. The van der Waals surface area contributed by atoms with Gasteiger partial charge in [0.2, 0.25) is 0 Å². The van der Waals surface area contributed by atoms with Crippen molar-refractivity contribution in [1.29, 1.82) is 5.26 Å². The molecule has 1 fully saturated rings. The molecule has 0 bridgehead atoms. The molecule has 2 aromatic rings. The van der Waals surface area contributed by atoms with E-state index in [9.17, 15) is 0 Å². The van der Waals surface area contributed by atoms with Crippen LogP contribution in [0.25, 0.3) is 0 Å². The fraction of sp³-hybridized carbons (Fsp3) is 0.381. The van der Waals surface area contributed by atoms with Gasteiger partial charge in [0.1, 0.15) is 0 Å². The molecule has 0 aromatic heterocycles. The molecule has 3 rings (SSSR count). The highest BCUT2D eigenvalue weighted by molar-refractivity contribution is 5.31. The minimum absolute atomic E-state index is 0.680. The summed E-state index contributed by atoms with van der Waals surface area (Å²) >= 11 is 0. The Morgan fingerprint density at radius 2 is 1.43 bits per heavy atom. The fourth-order valence-corrected chi connectivity index (χ4v) is 3.50. The molecule has 0 radical (unpaired) electrons. The van der Waals surface area contributed by atoms with E-state index in [1.54, 1.807) is 0 Å². The standard InChI is InChI=1S/C21H24N2/c22-15-18-11-13-20(14-12-18)17-23(21-9-5-2-6-10-21)16-19-7-3-1-4-8-19/h1,3-4,7-8,11-14,21H,2,5-6,9-10,16-17H2. The second-order valence-corrected chi connectivity index (χ2v) is 6.49. The van der Waals surface area contributed by atoms with E-state index < -0.39 is 0 Å². The molecule has 2 heteroatoms. The molecule has 0 unspecified atom stereocenters.